The first-order valence-electron chi connectivity index (χ1n) is 9.35. The summed E-state index contributed by atoms with van der Waals surface area (Å²) < 4.78 is 40.5. The predicted octanol–water partition coefficient (Wildman–Crippen LogP) is 5.31. The molecule has 1 N–H and O–H groups in total. The molecule has 0 aliphatic carbocycles. The molecule has 0 unspecified atom stereocenters. The molecular weight excluding hydrogens is 403 g/mol. The Labute approximate surface area is 176 Å². The number of rotatable bonds is 2. The Morgan fingerprint density at radius 3 is 2.68 bits per heavy atom. The highest BCUT2D eigenvalue weighted by Crippen LogP contribution is 2.30. The van der Waals surface area contributed by atoms with E-state index >= 15 is 0 Å². The van der Waals surface area contributed by atoms with Crippen LogP contribution in [0.5, 0.6) is 0 Å². The lowest BCUT2D eigenvalue weighted by molar-refractivity contribution is -0.137. The quantitative estimate of drug-likeness (QED) is 0.448. The van der Waals surface area contributed by atoms with Crippen LogP contribution < -0.4 is 5.32 Å². The highest BCUT2D eigenvalue weighted by atomic mass is 19.4. The molecule has 4 rings (SSSR count). The number of carbonyl (C=O) groups excluding carboxylic acids is 1. The van der Waals surface area contributed by atoms with Gasteiger partial charge in [0.2, 0.25) is 0 Å². The molecule has 0 bridgehead atoms. The maximum atomic E-state index is 12.9. The minimum atomic E-state index is -4.48. The number of hydrogen-bond acceptors (Lipinski definition) is 2. The molecule has 1 amide bonds. The first-order valence-corrected chi connectivity index (χ1v) is 9.35. The van der Waals surface area contributed by atoms with Gasteiger partial charge in [-0.25, -0.2) is 4.98 Å². The molecule has 2 heterocycles. The Morgan fingerprint density at radius 2 is 1.87 bits per heavy atom. The highest BCUT2D eigenvalue weighted by molar-refractivity contribution is 6.04. The number of halogens is 3. The molecule has 0 atom stereocenters. The molecule has 2 aromatic heterocycles. The fraction of sp³-hybridized carbons (Fsp3) is 0.0833. The van der Waals surface area contributed by atoms with E-state index in [0.29, 0.717) is 16.8 Å². The van der Waals surface area contributed by atoms with Crippen molar-refractivity contribution in [1.82, 2.24) is 9.38 Å². The molecule has 0 spiro atoms. The number of imidazole rings is 1. The normalized spacial score (nSPS) is 11.1. The van der Waals surface area contributed by atoms with Gasteiger partial charge >= 0.3 is 6.18 Å². The summed E-state index contributed by atoms with van der Waals surface area (Å²) in [6.07, 6.45) is -0.953. The summed E-state index contributed by atoms with van der Waals surface area (Å²) in [6.45, 7) is 1.87. The molecule has 154 valence electrons. The SMILES string of the molecule is Cc1ccc(C(=O)Nc2cccc(C(F)(F)F)c2)cc1C#Cc1cnc2ccccn12. The van der Waals surface area contributed by atoms with E-state index in [0.717, 1.165) is 23.3 Å². The number of anilines is 1. The van der Waals surface area contributed by atoms with Crippen LogP contribution in [0.15, 0.2) is 73.1 Å². The fourth-order valence-electron chi connectivity index (χ4n) is 3.03. The highest BCUT2D eigenvalue weighted by Gasteiger charge is 2.30. The number of carbonyl (C=O) groups is 1. The number of fused-ring (bicyclic) bond motifs is 1. The van der Waals surface area contributed by atoms with E-state index in [1.54, 1.807) is 24.4 Å². The number of amides is 1. The molecule has 0 aliphatic rings. The first-order chi connectivity index (χ1) is 14.8. The molecule has 7 heteroatoms. The zero-order chi connectivity index (χ0) is 22.0. The molecule has 0 radical (unpaired) electrons. The van der Waals surface area contributed by atoms with Crippen molar-refractivity contribution in [2.75, 3.05) is 5.32 Å². The van der Waals surface area contributed by atoms with Crippen molar-refractivity contribution < 1.29 is 18.0 Å². The summed E-state index contributed by atoms with van der Waals surface area (Å²) >= 11 is 0. The summed E-state index contributed by atoms with van der Waals surface area (Å²) in [5, 5.41) is 2.51. The second-order valence-corrected chi connectivity index (χ2v) is 6.88. The molecule has 2 aromatic carbocycles. The number of nitrogens with one attached hydrogen (secondary N) is 1. The van der Waals surface area contributed by atoms with Crippen molar-refractivity contribution in [3.8, 4) is 11.8 Å². The number of hydrogen-bond donors (Lipinski definition) is 1. The number of pyridine rings is 1. The summed E-state index contributed by atoms with van der Waals surface area (Å²) in [4.78, 5) is 16.9. The maximum Gasteiger partial charge on any atom is 0.416 e. The average molecular weight is 419 g/mol. The molecule has 0 saturated carbocycles. The van der Waals surface area contributed by atoms with E-state index in [-0.39, 0.29) is 5.69 Å². The van der Waals surface area contributed by atoms with Crippen molar-refractivity contribution in [3.05, 3.63) is 101 Å². The Hall–Kier alpha value is -4.05. The Kier molecular flexibility index (Phi) is 5.22. The Balaban J connectivity index is 1.59. The van der Waals surface area contributed by atoms with Gasteiger partial charge in [0.1, 0.15) is 11.3 Å². The Morgan fingerprint density at radius 1 is 1.03 bits per heavy atom. The first kappa shape index (κ1) is 20.2. The maximum absolute atomic E-state index is 12.9. The van der Waals surface area contributed by atoms with Crippen molar-refractivity contribution in [3.63, 3.8) is 0 Å². The average Bonchev–Trinajstić information content (AvgIpc) is 3.16. The minimum Gasteiger partial charge on any atom is -0.322 e. The van der Waals surface area contributed by atoms with Crippen LogP contribution >= 0.6 is 0 Å². The van der Waals surface area contributed by atoms with E-state index < -0.39 is 17.6 Å². The van der Waals surface area contributed by atoms with Gasteiger partial charge in [-0.2, -0.15) is 13.2 Å². The van der Waals surface area contributed by atoms with Crippen molar-refractivity contribution in [2.24, 2.45) is 0 Å². The summed E-state index contributed by atoms with van der Waals surface area (Å²) in [5.41, 5.74) is 2.53. The molecule has 0 saturated heterocycles. The van der Waals surface area contributed by atoms with E-state index in [4.69, 9.17) is 0 Å². The van der Waals surface area contributed by atoms with Crippen LogP contribution in [0.3, 0.4) is 0 Å². The van der Waals surface area contributed by atoms with Gasteiger partial charge in [-0.05, 0) is 60.9 Å². The van der Waals surface area contributed by atoms with E-state index in [2.05, 4.69) is 22.1 Å². The third-order valence-electron chi connectivity index (χ3n) is 4.69. The van der Waals surface area contributed by atoms with Gasteiger partial charge in [0, 0.05) is 23.0 Å². The van der Waals surface area contributed by atoms with Crippen molar-refractivity contribution in [1.29, 1.82) is 0 Å². The number of benzene rings is 2. The monoisotopic (exact) mass is 419 g/mol. The standard InChI is InChI=1S/C24H16F3N3O/c1-16-8-9-18(23(31)29-20-6-4-5-19(14-20)24(25,26)27)13-17(16)10-11-21-15-28-22-7-2-3-12-30(21)22/h2-9,12-15H,1H3,(H,29,31). The number of alkyl halides is 3. The van der Waals surface area contributed by atoms with Crippen LogP contribution in [0, 0.1) is 18.8 Å². The smallest absolute Gasteiger partial charge is 0.322 e. The molecule has 0 aliphatic heterocycles. The van der Waals surface area contributed by atoms with Crippen LogP contribution in [0.2, 0.25) is 0 Å². The van der Waals surface area contributed by atoms with Crippen LogP contribution in [0.1, 0.15) is 32.7 Å². The summed E-state index contributed by atoms with van der Waals surface area (Å²) in [5.74, 6) is 5.60. The van der Waals surface area contributed by atoms with Crippen LogP contribution in [-0.2, 0) is 6.18 Å². The van der Waals surface area contributed by atoms with Gasteiger partial charge in [-0.1, -0.05) is 24.1 Å². The molecule has 4 nitrogen and oxygen atoms in total. The molecule has 4 aromatic rings. The third-order valence-corrected chi connectivity index (χ3v) is 4.69. The lowest BCUT2D eigenvalue weighted by Crippen LogP contribution is -2.13. The third kappa shape index (κ3) is 4.43. The molecular formula is C24H16F3N3O. The van der Waals surface area contributed by atoms with Gasteiger partial charge in [-0.3, -0.25) is 9.20 Å². The van der Waals surface area contributed by atoms with E-state index in [1.165, 1.54) is 12.1 Å². The van der Waals surface area contributed by atoms with Crippen LogP contribution in [0.25, 0.3) is 5.65 Å². The van der Waals surface area contributed by atoms with Crippen molar-refractivity contribution >= 4 is 17.2 Å². The van der Waals surface area contributed by atoms with Gasteiger partial charge in [0.05, 0.1) is 11.8 Å². The van der Waals surface area contributed by atoms with E-state index in [9.17, 15) is 18.0 Å². The fourth-order valence-corrected chi connectivity index (χ4v) is 3.03. The van der Waals surface area contributed by atoms with Crippen LogP contribution in [-0.4, -0.2) is 15.3 Å². The topological polar surface area (TPSA) is 46.4 Å². The zero-order valence-electron chi connectivity index (χ0n) is 16.4. The largest absolute Gasteiger partial charge is 0.416 e. The lowest BCUT2D eigenvalue weighted by Gasteiger charge is -2.10. The molecule has 31 heavy (non-hydrogen) atoms. The Bertz CT molecular complexity index is 1340. The van der Waals surface area contributed by atoms with Gasteiger partial charge in [-0.15, -0.1) is 0 Å². The second-order valence-electron chi connectivity index (χ2n) is 6.88. The van der Waals surface area contributed by atoms with Gasteiger partial charge < -0.3 is 5.32 Å². The van der Waals surface area contributed by atoms with Gasteiger partial charge in [0.15, 0.2) is 0 Å². The summed E-state index contributed by atoms with van der Waals surface area (Å²) in [7, 11) is 0. The molecule has 0 fully saturated rings. The predicted molar refractivity (Wildman–Crippen MR) is 112 cm³/mol. The van der Waals surface area contributed by atoms with Gasteiger partial charge in [0.25, 0.3) is 5.91 Å². The van der Waals surface area contributed by atoms with Crippen LogP contribution in [0.4, 0.5) is 18.9 Å². The second kappa shape index (κ2) is 8.00. The minimum absolute atomic E-state index is 0.0683. The number of aromatic nitrogens is 2. The summed E-state index contributed by atoms with van der Waals surface area (Å²) in [6, 6.07) is 15.1. The zero-order valence-corrected chi connectivity index (χ0v) is 16.4. The number of aryl methyl sites for hydroxylation is 1. The van der Waals surface area contributed by atoms with Crippen molar-refractivity contribution in [2.45, 2.75) is 13.1 Å². The van der Waals surface area contributed by atoms with E-state index in [1.807, 2.05) is 35.7 Å². The lowest BCUT2D eigenvalue weighted by atomic mass is 10.0. The number of nitrogens with zero attached hydrogens (tertiary/aromatic N) is 2.